The summed E-state index contributed by atoms with van der Waals surface area (Å²) < 4.78 is 32.2. The number of carbonyl (C=O) groups is 1. The summed E-state index contributed by atoms with van der Waals surface area (Å²) in [7, 11) is -4.45. The predicted molar refractivity (Wildman–Crippen MR) is 181 cm³/mol. The number of hydrogen-bond acceptors (Lipinski definition) is 5. The number of carbonyl (C=O) groups excluding carboxylic acids is 1. The van der Waals surface area contributed by atoms with E-state index in [2.05, 4.69) is 31.3 Å². The highest BCUT2D eigenvalue weighted by Crippen LogP contribution is 2.13. The number of rotatable bonds is 30. The zero-order chi connectivity index (χ0) is 32.0. The molecule has 0 spiro atoms. The molecule has 0 heterocycles. The van der Waals surface area contributed by atoms with Gasteiger partial charge in [0.15, 0.2) is 0 Å². The van der Waals surface area contributed by atoms with Crippen LogP contribution >= 0.6 is 0 Å². The molecule has 3 atom stereocenters. The largest absolute Gasteiger partial charge is 0.387 e. The molecule has 1 amide bonds. The van der Waals surface area contributed by atoms with Crippen LogP contribution in [-0.2, 0) is 14.9 Å². The fraction of sp³-hybridized carbons (Fsp3) is 0.800. The van der Waals surface area contributed by atoms with Gasteiger partial charge in [-0.15, -0.1) is 0 Å². The quantitative estimate of drug-likeness (QED) is 0.0360. The molecule has 0 radical (unpaired) electrons. The summed E-state index contributed by atoms with van der Waals surface area (Å²) in [4.78, 5) is 12.4. The summed E-state index contributed by atoms with van der Waals surface area (Å²) in [5.74, 6) is -1.61. The van der Waals surface area contributed by atoms with Crippen molar-refractivity contribution in [1.82, 2.24) is 5.32 Å². The lowest BCUT2D eigenvalue weighted by Crippen LogP contribution is -2.50. The molecule has 43 heavy (non-hydrogen) atoms. The first-order chi connectivity index (χ1) is 20.7. The van der Waals surface area contributed by atoms with E-state index in [1.54, 1.807) is 6.08 Å². The Balaban J connectivity index is 4.19. The molecule has 0 aliphatic heterocycles. The van der Waals surface area contributed by atoms with Crippen molar-refractivity contribution in [2.45, 2.75) is 173 Å². The normalized spacial score (nSPS) is 14.6. The number of unbranched alkanes of at least 4 members (excludes halogenated alkanes) is 17. The molecule has 0 aromatic heterocycles. The van der Waals surface area contributed by atoms with Crippen molar-refractivity contribution >= 4 is 16.0 Å². The predicted octanol–water partition coefficient (Wildman–Crippen LogP) is 8.37. The number of hydrogen-bond donors (Lipinski definition) is 4. The first-order valence-electron chi connectivity index (χ1n) is 17.3. The number of aliphatic hydroxyl groups is 2. The van der Waals surface area contributed by atoms with Crippen LogP contribution in [0.4, 0.5) is 0 Å². The van der Waals surface area contributed by atoms with Gasteiger partial charge in [-0.2, -0.15) is 8.42 Å². The molecule has 0 fully saturated rings. The maximum atomic E-state index is 12.4. The molecule has 0 saturated carbocycles. The van der Waals surface area contributed by atoms with Gasteiger partial charge in [0.25, 0.3) is 10.1 Å². The first-order valence-corrected chi connectivity index (χ1v) is 18.9. The van der Waals surface area contributed by atoms with E-state index in [1.165, 1.54) is 102 Å². The van der Waals surface area contributed by atoms with Gasteiger partial charge in [0, 0.05) is 0 Å². The Morgan fingerprint density at radius 2 is 1.05 bits per heavy atom. The van der Waals surface area contributed by atoms with E-state index in [0.29, 0.717) is 12.8 Å². The summed E-state index contributed by atoms with van der Waals surface area (Å²) in [6.45, 7) is 4.42. The van der Waals surface area contributed by atoms with Crippen LogP contribution in [0, 0.1) is 0 Å². The molecule has 0 saturated heterocycles. The topological polar surface area (TPSA) is 124 Å². The van der Waals surface area contributed by atoms with Crippen LogP contribution in [0.2, 0.25) is 0 Å². The van der Waals surface area contributed by atoms with Crippen LogP contribution in [-0.4, -0.2) is 53.1 Å². The van der Waals surface area contributed by atoms with Crippen molar-refractivity contribution in [3.8, 4) is 0 Å². The maximum absolute atomic E-state index is 12.4. The minimum Gasteiger partial charge on any atom is -0.387 e. The second-order valence-corrected chi connectivity index (χ2v) is 13.4. The Morgan fingerprint density at radius 3 is 1.56 bits per heavy atom. The highest BCUT2D eigenvalue weighted by molar-refractivity contribution is 7.85. The Labute approximate surface area is 264 Å². The van der Waals surface area contributed by atoms with Gasteiger partial charge >= 0.3 is 0 Å². The van der Waals surface area contributed by atoms with Crippen molar-refractivity contribution in [2.75, 3.05) is 5.75 Å². The van der Waals surface area contributed by atoms with E-state index in [0.717, 1.165) is 25.7 Å². The first kappa shape index (κ1) is 41.5. The minimum atomic E-state index is -4.45. The second-order valence-electron chi connectivity index (χ2n) is 11.9. The fourth-order valence-corrected chi connectivity index (χ4v) is 5.68. The lowest BCUT2D eigenvalue weighted by molar-refractivity contribution is -0.130. The van der Waals surface area contributed by atoms with Crippen LogP contribution in [0.3, 0.4) is 0 Å². The molecular weight excluding hydrogens is 562 g/mol. The lowest BCUT2D eigenvalue weighted by Gasteiger charge is -2.22. The van der Waals surface area contributed by atoms with Gasteiger partial charge in [0.2, 0.25) is 5.91 Å². The van der Waals surface area contributed by atoms with Crippen LogP contribution < -0.4 is 5.32 Å². The van der Waals surface area contributed by atoms with Gasteiger partial charge in [-0.3, -0.25) is 9.35 Å². The Kier molecular flexibility index (Phi) is 28.2. The summed E-state index contributed by atoms with van der Waals surface area (Å²) in [6.07, 6.45) is 33.8. The molecule has 0 aliphatic rings. The molecule has 0 rings (SSSR count). The van der Waals surface area contributed by atoms with Gasteiger partial charge < -0.3 is 15.5 Å². The zero-order valence-electron chi connectivity index (χ0n) is 27.4. The van der Waals surface area contributed by atoms with E-state index in [4.69, 9.17) is 0 Å². The lowest BCUT2D eigenvalue weighted by atomic mass is 10.0. The van der Waals surface area contributed by atoms with E-state index < -0.39 is 40.0 Å². The Morgan fingerprint density at radius 1 is 0.628 bits per heavy atom. The molecule has 0 aromatic carbocycles. The van der Waals surface area contributed by atoms with Gasteiger partial charge in [-0.05, 0) is 51.4 Å². The molecule has 4 N–H and O–H groups in total. The molecule has 0 bridgehead atoms. The summed E-state index contributed by atoms with van der Waals surface area (Å²) >= 11 is 0. The monoisotopic (exact) mass is 627 g/mol. The third-order valence-electron chi connectivity index (χ3n) is 7.65. The SMILES string of the molecule is CCCCCC/C=C\CCC(O)C(=O)NC(CS(=O)(=O)O)C(O)/C=C/CC/C=C/CCCCCCCCCCCCCC. The summed E-state index contributed by atoms with van der Waals surface area (Å²) in [5.41, 5.74) is 0. The maximum Gasteiger partial charge on any atom is 0.267 e. The van der Waals surface area contributed by atoms with E-state index in [9.17, 15) is 28.0 Å². The van der Waals surface area contributed by atoms with Gasteiger partial charge in [0.1, 0.15) is 6.10 Å². The van der Waals surface area contributed by atoms with Crippen LogP contribution in [0.5, 0.6) is 0 Å². The van der Waals surface area contributed by atoms with Gasteiger partial charge in [-0.25, -0.2) is 0 Å². The Bertz CT molecular complexity index is 839. The number of aliphatic hydroxyl groups excluding tert-OH is 2. The van der Waals surface area contributed by atoms with E-state index in [1.807, 2.05) is 12.2 Å². The minimum absolute atomic E-state index is 0.188. The second kappa shape index (κ2) is 29.2. The van der Waals surface area contributed by atoms with Crippen molar-refractivity contribution in [3.05, 3.63) is 36.5 Å². The van der Waals surface area contributed by atoms with E-state index in [-0.39, 0.29) is 6.42 Å². The third kappa shape index (κ3) is 29.0. The van der Waals surface area contributed by atoms with Crippen molar-refractivity contribution in [1.29, 1.82) is 0 Å². The van der Waals surface area contributed by atoms with Crippen molar-refractivity contribution in [2.24, 2.45) is 0 Å². The summed E-state index contributed by atoms with van der Waals surface area (Å²) in [5, 5.41) is 23.1. The zero-order valence-corrected chi connectivity index (χ0v) is 28.3. The average Bonchev–Trinajstić information content (AvgIpc) is 2.96. The van der Waals surface area contributed by atoms with Crippen LogP contribution in [0.1, 0.15) is 155 Å². The van der Waals surface area contributed by atoms with Gasteiger partial charge in [0.05, 0.1) is 17.9 Å². The molecule has 0 aliphatic carbocycles. The standard InChI is InChI=1S/C35H65NO6S/c1-3-5-7-9-11-13-14-15-16-17-18-19-20-21-22-24-25-27-29-33(37)32(31-43(40,41)42)36-35(39)34(38)30-28-26-23-12-10-8-6-4-2/h21-23,26-27,29,32-34,37-38H,3-20,24-25,28,30-31H2,1-2H3,(H,36,39)(H,40,41,42)/b22-21+,26-23-,29-27+. The molecule has 252 valence electrons. The number of allylic oxidation sites excluding steroid dienone is 5. The van der Waals surface area contributed by atoms with E-state index >= 15 is 0 Å². The molecule has 8 heteroatoms. The molecule has 3 unspecified atom stereocenters. The third-order valence-corrected chi connectivity index (χ3v) is 8.44. The smallest absolute Gasteiger partial charge is 0.267 e. The highest BCUT2D eigenvalue weighted by Gasteiger charge is 2.27. The molecular formula is C35H65NO6S. The van der Waals surface area contributed by atoms with Crippen molar-refractivity contribution < 1.29 is 28.0 Å². The number of amides is 1. The van der Waals surface area contributed by atoms with Gasteiger partial charge in [-0.1, -0.05) is 140 Å². The van der Waals surface area contributed by atoms with Crippen molar-refractivity contribution in [3.63, 3.8) is 0 Å². The molecule has 0 aromatic rings. The highest BCUT2D eigenvalue weighted by atomic mass is 32.2. The fourth-order valence-electron chi connectivity index (χ4n) is 4.94. The summed E-state index contributed by atoms with van der Waals surface area (Å²) in [6, 6.07) is -1.26. The van der Waals surface area contributed by atoms with Crippen LogP contribution in [0.25, 0.3) is 0 Å². The Hall–Kier alpha value is -1.48. The average molecular weight is 628 g/mol. The molecule has 7 nitrogen and oxygen atoms in total. The number of nitrogens with one attached hydrogen (secondary N) is 1. The van der Waals surface area contributed by atoms with Crippen LogP contribution in [0.15, 0.2) is 36.5 Å².